The third kappa shape index (κ3) is 18.0. The van der Waals surface area contributed by atoms with Crippen LogP contribution in [0.5, 0.6) is 0 Å². The van der Waals surface area contributed by atoms with Crippen LogP contribution in [0.3, 0.4) is 0 Å². The molecule has 0 aromatic rings. The van der Waals surface area contributed by atoms with Gasteiger partial charge in [-0.05, 0) is 0 Å². The van der Waals surface area contributed by atoms with Gasteiger partial charge in [0, 0.05) is 0 Å². The second-order valence-corrected chi connectivity index (χ2v) is 6.35. The van der Waals surface area contributed by atoms with Crippen molar-refractivity contribution in [2.24, 2.45) is 0 Å². The molecule has 0 radical (unpaired) electrons. The maximum atomic E-state index is 9.82. The van der Waals surface area contributed by atoms with Crippen LogP contribution >= 0.6 is 0 Å². The van der Waals surface area contributed by atoms with Crippen LogP contribution in [0.15, 0.2) is 0 Å². The molecular formula is C17H36O12. The first kappa shape index (κ1) is 28.5. The highest BCUT2D eigenvalue weighted by Gasteiger charge is 2.14. The predicted molar refractivity (Wildman–Crippen MR) is 98.3 cm³/mol. The molecule has 0 aromatic heterocycles. The van der Waals surface area contributed by atoms with Crippen molar-refractivity contribution in [3.8, 4) is 0 Å². The Morgan fingerprint density at radius 1 is 0.483 bits per heavy atom. The van der Waals surface area contributed by atoms with E-state index in [1.165, 1.54) is 0 Å². The molecule has 0 rings (SSSR count). The number of aliphatic hydroxyl groups is 7. The molecular weight excluding hydrogens is 396 g/mol. The minimum atomic E-state index is -1.00. The summed E-state index contributed by atoms with van der Waals surface area (Å²) in [4.78, 5) is 0. The van der Waals surface area contributed by atoms with E-state index < -0.39 is 43.7 Å². The van der Waals surface area contributed by atoms with Gasteiger partial charge in [0.05, 0.1) is 79.3 Å². The van der Waals surface area contributed by atoms with Gasteiger partial charge in [-0.15, -0.1) is 0 Å². The Hall–Kier alpha value is -0.480. The highest BCUT2D eigenvalue weighted by molar-refractivity contribution is 4.60. The Balaban J connectivity index is 3.85. The molecule has 29 heavy (non-hydrogen) atoms. The van der Waals surface area contributed by atoms with E-state index in [4.69, 9.17) is 44.1 Å². The van der Waals surface area contributed by atoms with Crippen molar-refractivity contribution < 1.29 is 59.4 Å². The molecule has 7 N–H and O–H groups in total. The van der Waals surface area contributed by atoms with Gasteiger partial charge < -0.3 is 59.4 Å². The normalized spacial score (nSPS) is 17.1. The van der Waals surface area contributed by atoms with Crippen molar-refractivity contribution in [1.29, 1.82) is 0 Å². The first-order chi connectivity index (χ1) is 13.9. The molecule has 0 aliphatic carbocycles. The Morgan fingerprint density at radius 2 is 0.828 bits per heavy atom. The fourth-order valence-corrected chi connectivity index (χ4v) is 1.92. The zero-order chi connectivity index (χ0) is 21.9. The molecule has 5 atom stereocenters. The third-order valence-electron chi connectivity index (χ3n) is 3.34. The summed E-state index contributed by atoms with van der Waals surface area (Å²) in [6.45, 7) is -1.32. The van der Waals surface area contributed by atoms with E-state index in [2.05, 4.69) is 0 Å². The van der Waals surface area contributed by atoms with Crippen LogP contribution in [0.2, 0.25) is 0 Å². The van der Waals surface area contributed by atoms with E-state index in [1.807, 2.05) is 0 Å². The highest BCUT2D eigenvalue weighted by atomic mass is 16.6. The minimum Gasteiger partial charge on any atom is -0.394 e. The lowest BCUT2D eigenvalue weighted by molar-refractivity contribution is -0.0983. The van der Waals surface area contributed by atoms with E-state index in [0.717, 1.165) is 0 Å². The lowest BCUT2D eigenvalue weighted by Gasteiger charge is -2.20. The lowest BCUT2D eigenvalue weighted by atomic mass is 10.3. The molecule has 12 nitrogen and oxygen atoms in total. The van der Waals surface area contributed by atoms with Gasteiger partial charge in [0.1, 0.15) is 30.5 Å². The molecule has 0 saturated heterocycles. The first-order valence-corrected chi connectivity index (χ1v) is 9.40. The fourth-order valence-electron chi connectivity index (χ4n) is 1.92. The maximum Gasteiger partial charge on any atom is 0.104 e. The van der Waals surface area contributed by atoms with E-state index in [0.29, 0.717) is 0 Å². The van der Waals surface area contributed by atoms with Gasteiger partial charge in [-0.2, -0.15) is 0 Å². The van der Waals surface area contributed by atoms with Crippen molar-refractivity contribution >= 4 is 0 Å². The standard InChI is InChI=1S/C17H36O12/c18-1-2-29-17(11-27-6-14(22)4-20)12-28-10-16(24)9-26-8-15(23)7-25-5-13(21)3-19/h13-24H,1-12H2. The second-order valence-electron chi connectivity index (χ2n) is 6.35. The van der Waals surface area contributed by atoms with Crippen LogP contribution in [0, 0.1) is 0 Å². The molecule has 0 aromatic carbocycles. The molecule has 0 aliphatic heterocycles. The molecule has 0 spiro atoms. The summed E-state index contributed by atoms with van der Waals surface area (Å²) in [6, 6.07) is 0. The Kier molecular flexibility index (Phi) is 19.2. The quantitative estimate of drug-likeness (QED) is 0.0929. The van der Waals surface area contributed by atoms with Crippen LogP contribution in [0.4, 0.5) is 0 Å². The van der Waals surface area contributed by atoms with E-state index >= 15 is 0 Å². The van der Waals surface area contributed by atoms with Crippen molar-refractivity contribution in [3.05, 3.63) is 0 Å². The first-order valence-electron chi connectivity index (χ1n) is 9.40. The van der Waals surface area contributed by atoms with E-state index in [9.17, 15) is 15.3 Å². The van der Waals surface area contributed by atoms with Crippen LogP contribution in [-0.4, -0.2) is 146 Å². The Morgan fingerprint density at radius 3 is 1.17 bits per heavy atom. The molecule has 0 aliphatic rings. The van der Waals surface area contributed by atoms with Gasteiger partial charge in [0.15, 0.2) is 0 Å². The zero-order valence-corrected chi connectivity index (χ0v) is 16.5. The van der Waals surface area contributed by atoms with Crippen LogP contribution < -0.4 is 0 Å². The number of rotatable bonds is 21. The van der Waals surface area contributed by atoms with Crippen LogP contribution in [-0.2, 0) is 23.7 Å². The monoisotopic (exact) mass is 432 g/mol. The molecule has 0 amide bonds. The summed E-state index contributed by atoms with van der Waals surface area (Å²) in [5.74, 6) is 0. The number of hydrogen-bond donors (Lipinski definition) is 7. The van der Waals surface area contributed by atoms with Crippen LogP contribution in [0.1, 0.15) is 0 Å². The predicted octanol–water partition coefficient (Wildman–Crippen LogP) is -4.14. The summed E-state index contributed by atoms with van der Waals surface area (Å²) >= 11 is 0. The average Bonchev–Trinajstić information content (AvgIpc) is 2.71. The second kappa shape index (κ2) is 19.5. The summed E-state index contributed by atoms with van der Waals surface area (Å²) in [6.07, 6.45) is -4.42. The van der Waals surface area contributed by atoms with Gasteiger partial charge in [0.25, 0.3) is 0 Å². The third-order valence-corrected chi connectivity index (χ3v) is 3.34. The van der Waals surface area contributed by atoms with Crippen molar-refractivity contribution in [2.75, 3.05) is 79.3 Å². The Bertz CT molecular complexity index is 348. The summed E-state index contributed by atoms with van der Waals surface area (Å²) < 4.78 is 26.0. The van der Waals surface area contributed by atoms with Crippen molar-refractivity contribution in [1.82, 2.24) is 0 Å². The largest absolute Gasteiger partial charge is 0.394 e. The number of aliphatic hydroxyl groups excluding tert-OH is 7. The maximum absolute atomic E-state index is 9.82. The van der Waals surface area contributed by atoms with Gasteiger partial charge in [-0.25, -0.2) is 0 Å². The van der Waals surface area contributed by atoms with Gasteiger partial charge in [-0.3, -0.25) is 0 Å². The molecule has 12 heteroatoms. The minimum absolute atomic E-state index is 0.0620. The molecule has 0 saturated carbocycles. The summed E-state index contributed by atoms with van der Waals surface area (Å²) in [7, 11) is 0. The van der Waals surface area contributed by atoms with Gasteiger partial charge in [-0.1, -0.05) is 0 Å². The zero-order valence-electron chi connectivity index (χ0n) is 16.5. The average molecular weight is 432 g/mol. The molecule has 5 unspecified atom stereocenters. The summed E-state index contributed by atoms with van der Waals surface area (Å²) in [5, 5.41) is 63.9. The van der Waals surface area contributed by atoms with Crippen molar-refractivity contribution in [2.45, 2.75) is 30.5 Å². The van der Waals surface area contributed by atoms with Crippen LogP contribution in [0.25, 0.3) is 0 Å². The lowest BCUT2D eigenvalue weighted by Crippen LogP contribution is -2.32. The smallest absolute Gasteiger partial charge is 0.104 e. The van der Waals surface area contributed by atoms with E-state index in [1.54, 1.807) is 0 Å². The van der Waals surface area contributed by atoms with Gasteiger partial charge >= 0.3 is 0 Å². The Labute approximate surface area is 170 Å². The molecule has 176 valence electrons. The topological polar surface area (TPSA) is 188 Å². The summed E-state index contributed by atoms with van der Waals surface area (Å²) in [5.41, 5.74) is 0. The SMILES string of the molecule is OCCOC(COCC(O)CO)COCC(O)COCC(O)COCC(O)CO. The molecule has 0 heterocycles. The van der Waals surface area contributed by atoms with Crippen molar-refractivity contribution in [3.63, 3.8) is 0 Å². The molecule has 0 bridgehead atoms. The number of hydrogen-bond acceptors (Lipinski definition) is 12. The highest BCUT2D eigenvalue weighted by Crippen LogP contribution is 1.99. The molecule has 0 fully saturated rings. The van der Waals surface area contributed by atoms with Gasteiger partial charge in [0.2, 0.25) is 0 Å². The van der Waals surface area contributed by atoms with E-state index in [-0.39, 0.29) is 66.1 Å². The fraction of sp³-hybridized carbons (Fsp3) is 1.00. The number of ether oxygens (including phenoxy) is 5.